The fourth-order valence-corrected chi connectivity index (χ4v) is 2.36. The van der Waals surface area contributed by atoms with Crippen LogP contribution < -0.4 is 4.90 Å². The maximum atomic E-state index is 12.7. The number of piperidine rings is 1. The molecule has 1 aliphatic rings. The zero-order valence-corrected chi connectivity index (χ0v) is 11.9. The van der Waals surface area contributed by atoms with Crippen molar-refractivity contribution in [3.63, 3.8) is 0 Å². The molecule has 0 unspecified atom stereocenters. The molecule has 0 spiro atoms. The predicted molar refractivity (Wildman–Crippen MR) is 70.3 cm³/mol. The summed E-state index contributed by atoms with van der Waals surface area (Å²) < 4.78 is 43.5. The van der Waals surface area contributed by atoms with E-state index in [2.05, 4.69) is 9.97 Å². The number of rotatable bonds is 4. The van der Waals surface area contributed by atoms with E-state index in [-0.39, 0.29) is 25.1 Å². The van der Waals surface area contributed by atoms with Gasteiger partial charge in [-0.05, 0) is 24.4 Å². The number of nitrogens with zero attached hydrogens (tertiary/aromatic N) is 3. The highest BCUT2D eigenvalue weighted by molar-refractivity contribution is 6.28. The second kappa shape index (κ2) is 6.76. The third kappa shape index (κ3) is 4.42. The highest BCUT2D eigenvalue weighted by atomic mass is 35.5. The van der Waals surface area contributed by atoms with Crippen LogP contribution in [0.25, 0.3) is 0 Å². The molecule has 2 heterocycles. The van der Waals surface area contributed by atoms with Crippen LogP contribution in [0.5, 0.6) is 0 Å². The van der Waals surface area contributed by atoms with Crippen molar-refractivity contribution < 1.29 is 23.0 Å². The average Bonchev–Trinajstić information content (AvgIpc) is 2.44. The summed E-state index contributed by atoms with van der Waals surface area (Å²) in [5.41, 5.74) is -1.05. The van der Waals surface area contributed by atoms with E-state index in [0.717, 1.165) is 6.07 Å². The number of aromatic nitrogens is 2. The van der Waals surface area contributed by atoms with Gasteiger partial charge in [-0.25, -0.2) is 9.97 Å². The van der Waals surface area contributed by atoms with Gasteiger partial charge in [0, 0.05) is 19.2 Å². The lowest BCUT2D eigenvalue weighted by atomic mass is 10.1. The van der Waals surface area contributed by atoms with Crippen LogP contribution in [-0.4, -0.2) is 47.5 Å². The lowest BCUT2D eigenvalue weighted by Crippen LogP contribution is -2.38. The molecule has 1 aromatic rings. The van der Waals surface area contributed by atoms with E-state index < -0.39 is 17.2 Å². The maximum absolute atomic E-state index is 12.7. The van der Waals surface area contributed by atoms with E-state index in [9.17, 15) is 13.2 Å². The molecule has 0 radical (unpaired) electrons. The van der Waals surface area contributed by atoms with Crippen molar-refractivity contribution in [3.8, 4) is 0 Å². The molecule has 1 N–H and O–H groups in total. The van der Waals surface area contributed by atoms with Gasteiger partial charge in [-0.2, -0.15) is 13.2 Å². The van der Waals surface area contributed by atoms with Crippen LogP contribution >= 0.6 is 11.6 Å². The molecular formula is C12H15ClF3N3O2. The number of ether oxygens (including phenoxy) is 1. The summed E-state index contributed by atoms with van der Waals surface area (Å²) in [4.78, 5) is 8.79. The molecule has 0 amide bonds. The Balaban J connectivity index is 2.05. The Labute approximate surface area is 124 Å². The summed E-state index contributed by atoms with van der Waals surface area (Å²) in [5.74, 6) is 0.169. The molecule has 0 bridgehead atoms. The Hall–Kier alpha value is -1.12. The van der Waals surface area contributed by atoms with E-state index in [1.54, 1.807) is 4.90 Å². The van der Waals surface area contributed by atoms with E-state index in [1.807, 2.05) is 0 Å². The van der Waals surface area contributed by atoms with Gasteiger partial charge in [-0.3, -0.25) is 0 Å². The number of alkyl halides is 3. The van der Waals surface area contributed by atoms with Gasteiger partial charge in [0.1, 0.15) is 5.82 Å². The van der Waals surface area contributed by atoms with Crippen LogP contribution in [0.1, 0.15) is 18.5 Å². The minimum Gasteiger partial charge on any atom is -0.394 e. The standard InChI is InChI=1S/C12H15ClF3N3O2/c13-11-17-9(12(14,15)16)7-10(18-11)19-3-1-8(2-4-19)21-6-5-20/h7-8,20H,1-6H2. The summed E-state index contributed by atoms with van der Waals surface area (Å²) in [5, 5.41) is 8.27. The third-order valence-corrected chi connectivity index (χ3v) is 3.36. The monoisotopic (exact) mass is 325 g/mol. The van der Waals surface area contributed by atoms with Crippen LogP contribution in [0.4, 0.5) is 19.0 Å². The Morgan fingerprint density at radius 2 is 2.00 bits per heavy atom. The Morgan fingerprint density at radius 3 is 2.57 bits per heavy atom. The fraction of sp³-hybridized carbons (Fsp3) is 0.667. The summed E-state index contributed by atoms with van der Waals surface area (Å²) in [6.07, 6.45) is -3.23. The van der Waals surface area contributed by atoms with Crippen molar-refractivity contribution >= 4 is 17.4 Å². The normalized spacial score (nSPS) is 17.3. The topological polar surface area (TPSA) is 58.5 Å². The van der Waals surface area contributed by atoms with Gasteiger partial charge in [0.15, 0.2) is 5.69 Å². The number of anilines is 1. The quantitative estimate of drug-likeness (QED) is 0.859. The molecule has 0 aromatic carbocycles. The van der Waals surface area contributed by atoms with Crippen molar-refractivity contribution in [2.24, 2.45) is 0 Å². The van der Waals surface area contributed by atoms with Gasteiger partial charge in [-0.1, -0.05) is 0 Å². The van der Waals surface area contributed by atoms with Crippen LogP contribution in [0.3, 0.4) is 0 Å². The minimum absolute atomic E-state index is 0.00722. The molecule has 0 saturated carbocycles. The number of hydrogen-bond acceptors (Lipinski definition) is 5. The molecule has 0 atom stereocenters. The van der Waals surface area contributed by atoms with Gasteiger partial charge < -0.3 is 14.7 Å². The van der Waals surface area contributed by atoms with Crippen molar-refractivity contribution in [3.05, 3.63) is 17.0 Å². The molecule has 21 heavy (non-hydrogen) atoms. The molecule has 0 aliphatic carbocycles. The fourth-order valence-electron chi connectivity index (χ4n) is 2.18. The first-order valence-electron chi connectivity index (χ1n) is 6.49. The Morgan fingerprint density at radius 1 is 1.33 bits per heavy atom. The first-order valence-corrected chi connectivity index (χ1v) is 6.87. The van der Waals surface area contributed by atoms with E-state index >= 15 is 0 Å². The highest BCUT2D eigenvalue weighted by Crippen LogP contribution is 2.31. The SMILES string of the molecule is OCCOC1CCN(c2cc(C(F)(F)F)nc(Cl)n2)CC1. The maximum Gasteiger partial charge on any atom is 0.433 e. The lowest BCUT2D eigenvalue weighted by molar-refractivity contribution is -0.141. The molecule has 118 valence electrons. The number of aliphatic hydroxyl groups excluding tert-OH is 1. The van der Waals surface area contributed by atoms with Crippen molar-refractivity contribution in [2.75, 3.05) is 31.2 Å². The van der Waals surface area contributed by atoms with Crippen molar-refractivity contribution in [1.29, 1.82) is 0 Å². The smallest absolute Gasteiger partial charge is 0.394 e. The average molecular weight is 326 g/mol. The number of hydrogen-bond donors (Lipinski definition) is 1. The van der Waals surface area contributed by atoms with E-state index in [1.165, 1.54) is 0 Å². The van der Waals surface area contributed by atoms with E-state index in [4.69, 9.17) is 21.4 Å². The van der Waals surface area contributed by atoms with Crippen LogP contribution in [-0.2, 0) is 10.9 Å². The van der Waals surface area contributed by atoms with Crippen LogP contribution in [0, 0.1) is 0 Å². The van der Waals surface area contributed by atoms with Crippen molar-refractivity contribution in [1.82, 2.24) is 9.97 Å². The molecule has 5 nitrogen and oxygen atoms in total. The third-order valence-electron chi connectivity index (χ3n) is 3.19. The van der Waals surface area contributed by atoms with Gasteiger partial charge in [0.2, 0.25) is 5.28 Å². The summed E-state index contributed by atoms with van der Waals surface area (Å²) >= 11 is 5.57. The zero-order chi connectivity index (χ0) is 15.5. The Bertz CT molecular complexity index is 479. The molecule has 2 rings (SSSR count). The molecule has 1 fully saturated rings. The number of aliphatic hydroxyl groups is 1. The Kier molecular flexibility index (Phi) is 5.23. The minimum atomic E-state index is -4.55. The molecule has 1 aliphatic heterocycles. The van der Waals surface area contributed by atoms with Gasteiger partial charge in [-0.15, -0.1) is 0 Å². The van der Waals surface area contributed by atoms with E-state index in [0.29, 0.717) is 25.9 Å². The number of halogens is 4. The highest BCUT2D eigenvalue weighted by Gasteiger charge is 2.34. The summed E-state index contributed by atoms with van der Waals surface area (Å²) in [6.45, 7) is 1.25. The largest absolute Gasteiger partial charge is 0.433 e. The van der Waals surface area contributed by atoms with Gasteiger partial charge in [0.25, 0.3) is 0 Å². The van der Waals surface area contributed by atoms with Crippen molar-refractivity contribution in [2.45, 2.75) is 25.1 Å². The second-order valence-corrected chi connectivity index (χ2v) is 5.00. The molecule has 1 saturated heterocycles. The summed E-state index contributed by atoms with van der Waals surface area (Å²) in [7, 11) is 0. The lowest BCUT2D eigenvalue weighted by Gasteiger charge is -2.32. The zero-order valence-electron chi connectivity index (χ0n) is 11.1. The second-order valence-electron chi connectivity index (χ2n) is 4.66. The molecule has 9 heteroatoms. The van der Waals surface area contributed by atoms with Gasteiger partial charge in [0.05, 0.1) is 19.3 Å². The first-order chi connectivity index (χ1) is 9.90. The first kappa shape index (κ1) is 16.3. The van der Waals surface area contributed by atoms with Crippen LogP contribution in [0.15, 0.2) is 6.07 Å². The predicted octanol–water partition coefficient (Wildman–Crippen LogP) is 2.13. The molecule has 1 aromatic heterocycles. The molecular weight excluding hydrogens is 311 g/mol. The summed E-state index contributed by atoms with van der Waals surface area (Å²) in [6, 6.07) is 0.904. The van der Waals surface area contributed by atoms with Gasteiger partial charge >= 0.3 is 6.18 Å². The van der Waals surface area contributed by atoms with Crippen LogP contribution in [0.2, 0.25) is 5.28 Å².